The first kappa shape index (κ1) is 16.6. The van der Waals surface area contributed by atoms with Gasteiger partial charge in [-0.25, -0.2) is 0 Å². The number of hydrogen-bond donors (Lipinski definition) is 0. The van der Waals surface area contributed by atoms with Gasteiger partial charge in [-0.1, -0.05) is 41.1 Å². The Morgan fingerprint density at radius 2 is 2.00 bits per heavy atom. The van der Waals surface area contributed by atoms with Gasteiger partial charge in [0.1, 0.15) is 0 Å². The number of aryl methyl sites for hydroxylation is 2. The number of nitrogens with zero attached hydrogens (tertiary/aromatic N) is 2. The average molecular weight is 370 g/mol. The molecule has 1 heterocycles. The summed E-state index contributed by atoms with van der Waals surface area (Å²) in [4.78, 5) is 0. The minimum absolute atomic E-state index is 0.428. The first-order valence-electron chi connectivity index (χ1n) is 7.52. The summed E-state index contributed by atoms with van der Waals surface area (Å²) in [5, 5.41) is 4.62. The van der Waals surface area contributed by atoms with Crippen molar-refractivity contribution in [2.24, 2.45) is 5.92 Å². The molecule has 2 rings (SSSR count). The molecule has 2 nitrogen and oxygen atoms in total. The molecule has 0 spiro atoms. The van der Waals surface area contributed by atoms with E-state index in [9.17, 15) is 0 Å². The molecule has 0 fully saturated rings. The highest BCUT2D eigenvalue weighted by Crippen LogP contribution is 2.23. The van der Waals surface area contributed by atoms with Gasteiger partial charge in [0.05, 0.1) is 5.69 Å². The van der Waals surface area contributed by atoms with Gasteiger partial charge in [0.25, 0.3) is 0 Å². The Hall–Kier alpha value is -0.800. The number of benzene rings is 1. The molecule has 1 aromatic carbocycles. The van der Waals surface area contributed by atoms with Gasteiger partial charge in [-0.3, -0.25) is 4.68 Å². The molecule has 1 aromatic heterocycles. The number of alkyl halides is 1. The first-order valence-corrected chi connectivity index (χ1v) is 8.85. The first-order chi connectivity index (χ1) is 10.2. The van der Waals surface area contributed by atoms with Gasteiger partial charge in [0.15, 0.2) is 0 Å². The highest BCUT2D eigenvalue weighted by molar-refractivity contribution is 9.10. The minimum atomic E-state index is 0.428. The Morgan fingerprint density at radius 3 is 2.62 bits per heavy atom. The fourth-order valence-corrected chi connectivity index (χ4v) is 3.24. The smallest absolute Gasteiger partial charge is 0.0624 e. The highest BCUT2D eigenvalue weighted by Gasteiger charge is 2.15. The fourth-order valence-electron chi connectivity index (χ4n) is 2.58. The van der Waals surface area contributed by atoms with E-state index in [4.69, 9.17) is 11.6 Å². The van der Waals surface area contributed by atoms with E-state index in [0.29, 0.717) is 11.8 Å². The van der Waals surface area contributed by atoms with E-state index in [1.54, 1.807) is 0 Å². The number of rotatable bonds is 7. The van der Waals surface area contributed by atoms with Crippen LogP contribution in [0.25, 0.3) is 0 Å². The van der Waals surface area contributed by atoms with Crippen LogP contribution >= 0.6 is 27.5 Å². The van der Waals surface area contributed by atoms with E-state index in [-0.39, 0.29) is 0 Å². The van der Waals surface area contributed by atoms with Crippen LogP contribution in [0.3, 0.4) is 0 Å². The van der Waals surface area contributed by atoms with E-state index in [1.165, 1.54) is 21.4 Å². The van der Waals surface area contributed by atoms with Crippen LogP contribution in [0.15, 0.2) is 34.8 Å². The number of aromatic nitrogens is 2. The molecule has 0 N–H and O–H groups in total. The van der Waals surface area contributed by atoms with Crippen molar-refractivity contribution < 1.29 is 0 Å². The lowest BCUT2D eigenvalue weighted by Gasteiger charge is -2.15. The van der Waals surface area contributed by atoms with Crippen molar-refractivity contribution in [1.29, 1.82) is 0 Å². The van der Waals surface area contributed by atoms with Crippen molar-refractivity contribution in [2.75, 3.05) is 5.88 Å². The predicted octanol–water partition coefficient (Wildman–Crippen LogP) is 4.87. The lowest BCUT2D eigenvalue weighted by molar-refractivity contribution is 0.530. The zero-order chi connectivity index (χ0) is 15.2. The van der Waals surface area contributed by atoms with Crippen LogP contribution in [-0.4, -0.2) is 15.7 Å². The highest BCUT2D eigenvalue weighted by atomic mass is 79.9. The average Bonchev–Trinajstić information content (AvgIpc) is 2.90. The molecular weight excluding hydrogens is 348 g/mol. The van der Waals surface area contributed by atoms with Gasteiger partial charge < -0.3 is 0 Å². The van der Waals surface area contributed by atoms with Crippen LogP contribution in [0.1, 0.15) is 30.8 Å². The molecule has 0 aliphatic carbocycles. The van der Waals surface area contributed by atoms with Crippen molar-refractivity contribution in [1.82, 2.24) is 9.78 Å². The van der Waals surface area contributed by atoms with Gasteiger partial charge in [0.2, 0.25) is 0 Å². The van der Waals surface area contributed by atoms with E-state index < -0.39 is 0 Å². The molecule has 0 aliphatic heterocycles. The molecule has 1 unspecified atom stereocenters. The molecule has 2 aromatic rings. The standard InChI is InChI=1S/C17H22BrClN2/c1-3-15-11-16(21(4-2)20-15)10-13(12-19)9-14-7-5-6-8-17(14)18/h5-8,11,13H,3-4,9-10,12H2,1-2H3. The van der Waals surface area contributed by atoms with Crippen molar-refractivity contribution in [3.63, 3.8) is 0 Å². The van der Waals surface area contributed by atoms with Crippen molar-refractivity contribution in [3.05, 3.63) is 51.8 Å². The second-order valence-corrected chi connectivity index (χ2v) is 6.48. The summed E-state index contributed by atoms with van der Waals surface area (Å²) in [6.45, 7) is 5.20. The summed E-state index contributed by atoms with van der Waals surface area (Å²) < 4.78 is 3.27. The van der Waals surface area contributed by atoms with Crippen LogP contribution < -0.4 is 0 Å². The van der Waals surface area contributed by atoms with Gasteiger partial charge in [0, 0.05) is 22.6 Å². The number of hydrogen-bond acceptors (Lipinski definition) is 1. The van der Waals surface area contributed by atoms with E-state index in [0.717, 1.165) is 25.8 Å². The third kappa shape index (κ3) is 4.33. The third-order valence-electron chi connectivity index (χ3n) is 3.76. The minimum Gasteiger partial charge on any atom is -0.270 e. The van der Waals surface area contributed by atoms with E-state index in [2.05, 4.69) is 63.8 Å². The normalized spacial score (nSPS) is 12.6. The maximum absolute atomic E-state index is 6.21. The van der Waals surface area contributed by atoms with Gasteiger partial charge in [-0.2, -0.15) is 5.10 Å². The largest absolute Gasteiger partial charge is 0.270 e. The summed E-state index contributed by atoms with van der Waals surface area (Å²) in [6.07, 6.45) is 2.95. The summed E-state index contributed by atoms with van der Waals surface area (Å²) in [7, 11) is 0. The topological polar surface area (TPSA) is 17.8 Å². The van der Waals surface area contributed by atoms with Gasteiger partial charge >= 0.3 is 0 Å². The molecule has 114 valence electrons. The lowest BCUT2D eigenvalue weighted by Crippen LogP contribution is -2.14. The molecule has 0 amide bonds. The molecule has 21 heavy (non-hydrogen) atoms. The second kappa shape index (κ2) is 8.00. The number of halogens is 2. The van der Waals surface area contributed by atoms with Crippen LogP contribution in [0, 0.1) is 5.92 Å². The molecule has 0 aliphatic rings. The Morgan fingerprint density at radius 1 is 1.24 bits per heavy atom. The maximum Gasteiger partial charge on any atom is 0.0624 e. The Kier molecular flexibility index (Phi) is 6.31. The third-order valence-corrected chi connectivity index (χ3v) is 4.97. The summed E-state index contributed by atoms with van der Waals surface area (Å²) in [5.41, 5.74) is 3.79. The molecule has 0 radical (unpaired) electrons. The van der Waals surface area contributed by atoms with Gasteiger partial charge in [-0.05, 0) is 49.8 Å². The Bertz CT molecular complexity index is 580. The predicted molar refractivity (Wildman–Crippen MR) is 93.0 cm³/mol. The molecule has 0 bridgehead atoms. The van der Waals surface area contributed by atoms with Crippen molar-refractivity contribution in [3.8, 4) is 0 Å². The molecule has 4 heteroatoms. The fraction of sp³-hybridized carbons (Fsp3) is 0.471. The summed E-state index contributed by atoms with van der Waals surface area (Å²) >= 11 is 9.83. The van der Waals surface area contributed by atoms with Crippen LogP contribution in [0.4, 0.5) is 0 Å². The maximum atomic E-state index is 6.21. The monoisotopic (exact) mass is 368 g/mol. The quantitative estimate of drug-likeness (QED) is 0.637. The Balaban J connectivity index is 2.12. The zero-order valence-electron chi connectivity index (χ0n) is 12.6. The van der Waals surface area contributed by atoms with Crippen molar-refractivity contribution in [2.45, 2.75) is 39.7 Å². The SMILES string of the molecule is CCc1cc(CC(CCl)Cc2ccccc2Br)n(CC)n1. The molecule has 0 saturated heterocycles. The molecular formula is C17H22BrClN2. The molecule has 0 saturated carbocycles. The lowest BCUT2D eigenvalue weighted by atomic mass is 9.96. The van der Waals surface area contributed by atoms with Crippen molar-refractivity contribution >= 4 is 27.5 Å². The Labute approximate surface area is 140 Å². The molecule has 1 atom stereocenters. The van der Waals surface area contributed by atoms with Crippen LogP contribution in [-0.2, 0) is 25.8 Å². The second-order valence-electron chi connectivity index (χ2n) is 5.32. The van der Waals surface area contributed by atoms with Crippen LogP contribution in [0.5, 0.6) is 0 Å². The van der Waals surface area contributed by atoms with Gasteiger partial charge in [-0.15, -0.1) is 11.6 Å². The zero-order valence-corrected chi connectivity index (χ0v) is 15.0. The summed E-state index contributed by atoms with van der Waals surface area (Å²) in [5.74, 6) is 1.09. The van der Waals surface area contributed by atoms with E-state index >= 15 is 0 Å². The van der Waals surface area contributed by atoms with E-state index in [1.807, 2.05) is 6.07 Å². The summed E-state index contributed by atoms with van der Waals surface area (Å²) in [6, 6.07) is 10.6. The van der Waals surface area contributed by atoms with Crippen LogP contribution in [0.2, 0.25) is 0 Å².